The van der Waals surface area contributed by atoms with Gasteiger partial charge in [0, 0.05) is 17.8 Å². The van der Waals surface area contributed by atoms with E-state index in [1.807, 2.05) is 25.3 Å². The van der Waals surface area contributed by atoms with Crippen LogP contribution in [0.25, 0.3) is 0 Å². The van der Waals surface area contributed by atoms with Crippen molar-refractivity contribution < 1.29 is 9.13 Å². The molecule has 0 aliphatic rings. The maximum Gasteiger partial charge on any atom is 0.167 e. The van der Waals surface area contributed by atoms with Gasteiger partial charge in [0.1, 0.15) is 0 Å². The first-order chi connectivity index (χ1) is 9.10. The number of halogens is 2. The van der Waals surface area contributed by atoms with Crippen molar-refractivity contribution >= 4 is 28.6 Å². The van der Waals surface area contributed by atoms with Crippen LogP contribution in [0.15, 0.2) is 29.6 Å². The van der Waals surface area contributed by atoms with Crippen LogP contribution in [0.3, 0.4) is 0 Å². The van der Waals surface area contributed by atoms with Gasteiger partial charge in [0.25, 0.3) is 0 Å². The fourth-order valence-corrected chi connectivity index (χ4v) is 2.73. The molecule has 0 saturated heterocycles. The fraction of sp³-hybridized carbons (Fsp3) is 0.286. The molecule has 0 radical (unpaired) electrons. The number of thiophene rings is 1. The van der Waals surface area contributed by atoms with Gasteiger partial charge in [-0.1, -0.05) is 11.6 Å². The SMILES string of the molecule is CCOc1ccc(NC(C)c2csc(Cl)c2)cc1F. The first-order valence-electron chi connectivity index (χ1n) is 6.03. The minimum absolute atomic E-state index is 0.0705. The number of rotatable bonds is 5. The van der Waals surface area contributed by atoms with Gasteiger partial charge in [0.05, 0.1) is 10.9 Å². The lowest BCUT2D eigenvalue weighted by atomic mass is 10.1. The highest BCUT2D eigenvalue weighted by atomic mass is 35.5. The predicted octanol–water partition coefficient (Wildman–Crippen LogP) is 5.11. The highest BCUT2D eigenvalue weighted by molar-refractivity contribution is 7.14. The number of benzene rings is 1. The summed E-state index contributed by atoms with van der Waals surface area (Å²) >= 11 is 7.39. The molecule has 1 N–H and O–H groups in total. The Morgan fingerprint density at radius 1 is 1.42 bits per heavy atom. The van der Waals surface area contributed by atoms with Crippen LogP contribution in [0.4, 0.5) is 10.1 Å². The summed E-state index contributed by atoms with van der Waals surface area (Å²) in [5, 5.41) is 5.23. The molecule has 0 aliphatic heterocycles. The average Bonchev–Trinajstić information content (AvgIpc) is 2.80. The van der Waals surface area contributed by atoms with E-state index in [0.29, 0.717) is 6.61 Å². The molecule has 0 spiro atoms. The first-order valence-corrected chi connectivity index (χ1v) is 7.28. The third-order valence-corrected chi connectivity index (χ3v) is 3.81. The van der Waals surface area contributed by atoms with E-state index in [9.17, 15) is 4.39 Å². The summed E-state index contributed by atoms with van der Waals surface area (Å²) in [6, 6.07) is 6.86. The molecule has 5 heteroatoms. The van der Waals surface area contributed by atoms with Crippen molar-refractivity contribution in [3.8, 4) is 5.75 Å². The van der Waals surface area contributed by atoms with Crippen molar-refractivity contribution in [2.45, 2.75) is 19.9 Å². The van der Waals surface area contributed by atoms with Crippen molar-refractivity contribution in [3.05, 3.63) is 45.4 Å². The van der Waals surface area contributed by atoms with Gasteiger partial charge in [-0.3, -0.25) is 0 Å². The highest BCUT2D eigenvalue weighted by Crippen LogP contribution is 2.28. The average molecular weight is 300 g/mol. The van der Waals surface area contributed by atoms with E-state index in [1.54, 1.807) is 12.1 Å². The zero-order chi connectivity index (χ0) is 13.8. The number of nitrogens with one attached hydrogen (secondary N) is 1. The highest BCUT2D eigenvalue weighted by Gasteiger charge is 2.09. The van der Waals surface area contributed by atoms with Crippen molar-refractivity contribution in [2.75, 3.05) is 11.9 Å². The summed E-state index contributed by atoms with van der Waals surface area (Å²) in [7, 11) is 0. The largest absolute Gasteiger partial charge is 0.491 e. The van der Waals surface area contributed by atoms with Gasteiger partial charge in [0.15, 0.2) is 11.6 Å². The molecule has 1 aromatic heterocycles. The Hall–Kier alpha value is -1.26. The van der Waals surface area contributed by atoms with E-state index < -0.39 is 0 Å². The molecule has 0 aliphatic carbocycles. The van der Waals surface area contributed by atoms with Crippen LogP contribution in [-0.4, -0.2) is 6.61 Å². The molecule has 1 unspecified atom stereocenters. The second-order valence-corrected chi connectivity index (χ2v) is 5.67. The summed E-state index contributed by atoms with van der Waals surface area (Å²) in [5.74, 6) is -0.0818. The quantitative estimate of drug-likeness (QED) is 0.828. The lowest BCUT2D eigenvalue weighted by Crippen LogP contribution is -2.06. The van der Waals surface area contributed by atoms with E-state index in [4.69, 9.17) is 16.3 Å². The van der Waals surface area contributed by atoms with Gasteiger partial charge in [-0.25, -0.2) is 4.39 Å². The molecule has 1 heterocycles. The Balaban J connectivity index is 2.09. The van der Waals surface area contributed by atoms with Crippen molar-refractivity contribution in [3.63, 3.8) is 0 Å². The van der Waals surface area contributed by atoms with Gasteiger partial charge >= 0.3 is 0 Å². The lowest BCUT2D eigenvalue weighted by molar-refractivity contribution is 0.321. The normalized spacial score (nSPS) is 12.2. The van der Waals surface area contributed by atoms with E-state index in [2.05, 4.69) is 5.32 Å². The second kappa shape index (κ2) is 6.26. The summed E-state index contributed by atoms with van der Waals surface area (Å²) in [6.45, 7) is 4.29. The third kappa shape index (κ3) is 3.61. The Kier molecular flexibility index (Phi) is 4.66. The van der Waals surface area contributed by atoms with Crippen LogP contribution in [0, 0.1) is 5.82 Å². The van der Waals surface area contributed by atoms with Crippen LogP contribution in [-0.2, 0) is 0 Å². The van der Waals surface area contributed by atoms with E-state index in [1.165, 1.54) is 17.4 Å². The summed E-state index contributed by atoms with van der Waals surface area (Å²) in [6.07, 6.45) is 0. The molecule has 19 heavy (non-hydrogen) atoms. The summed E-state index contributed by atoms with van der Waals surface area (Å²) in [5.41, 5.74) is 1.81. The van der Waals surface area contributed by atoms with Gasteiger partial charge < -0.3 is 10.1 Å². The minimum atomic E-state index is -0.359. The van der Waals surface area contributed by atoms with Crippen LogP contribution in [0.2, 0.25) is 4.34 Å². The van der Waals surface area contributed by atoms with E-state index in [0.717, 1.165) is 15.6 Å². The van der Waals surface area contributed by atoms with Crippen molar-refractivity contribution in [2.24, 2.45) is 0 Å². The lowest BCUT2D eigenvalue weighted by Gasteiger charge is -2.15. The van der Waals surface area contributed by atoms with Gasteiger partial charge in [-0.2, -0.15) is 0 Å². The molecule has 0 fully saturated rings. The zero-order valence-corrected chi connectivity index (χ0v) is 12.3. The van der Waals surface area contributed by atoms with Gasteiger partial charge in [-0.15, -0.1) is 11.3 Å². The number of anilines is 1. The monoisotopic (exact) mass is 299 g/mol. The number of hydrogen-bond acceptors (Lipinski definition) is 3. The minimum Gasteiger partial charge on any atom is -0.491 e. The van der Waals surface area contributed by atoms with Gasteiger partial charge in [0.2, 0.25) is 0 Å². The second-order valence-electron chi connectivity index (χ2n) is 4.13. The standard InChI is InChI=1S/C14H15ClFNOS/c1-3-18-13-5-4-11(7-12(13)16)17-9(2)10-6-14(15)19-8-10/h4-9,17H,3H2,1-2H3. The molecule has 102 valence electrons. The molecule has 0 amide bonds. The molecule has 2 aromatic rings. The third-order valence-electron chi connectivity index (χ3n) is 2.70. The molecular weight excluding hydrogens is 285 g/mol. The molecule has 0 saturated carbocycles. The van der Waals surface area contributed by atoms with E-state index >= 15 is 0 Å². The smallest absolute Gasteiger partial charge is 0.167 e. The fourth-order valence-electron chi connectivity index (χ4n) is 1.75. The molecule has 1 aromatic carbocycles. The Morgan fingerprint density at radius 2 is 2.21 bits per heavy atom. The predicted molar refractivity (Wildman–Crippen MR) is 78.9 cm³/mol. The van der Waals surface area contributed by atoms with E-state index in [-0.39, 0.29) is 17.6 Å². The topological polar surface area (TPSA) is 21.3 Å². The molecule has 1 atom stereocenters. The molecule has 0 bridgehead atoms. The summed E-state index contributed by atoms with van der Waals surface area (Å²) < 4.78 is 19.6. The number of ether oxygens (including phenoxy) is 1. The van der Waals surface area contributed by atoms with Crippen LogP contribution >= 0.6 is 22.9 Å². The maximum absolute atomic E-state index is 13.7. The summed E-state index contributed by atoms with van der Waals surface area (Å²) in [4.78, 5) is 0. The van der Waals surface area contributed by atoms with Gasteiger partial charge in [-0.05, 0) is 43.0 Å². The molecular formula is C14H15ClFNOS. The van der Waals surface area contributed by atoms with Crippen molar-refractivity contribution in [1.82, 2.24) is 0 Å². The number of hydrogen-bond donors (Lipinski definition) is 1. The van der Waals surface area contributed by atoms with Crippen molar-refractivity contribution in [1.29, 1.82) is 0 Å². The van der Waals surface area contributed by atoms with Crippen LogP contribution in [0.5, 0.6) is 5.75 Å². The zero-order valence-electron chi connectivity index (χ0n) is 10.7. The molecule has 2 nitrogen and oxygen atoms in total. The van der Waals surface area contributed by atoms with Crippen LogP contribution < -0.4 is 10.1 Å². The van der Waals surface area contributed by atoms with Crippen LogP contribution in [0.1, 0.15) is 25.5 Å². The first kappa shape index (κ1) is 14.2. The Bertz CT molecular complexity index is 558. The molecule has 2 rings (SSSR count). The maximum atomic E-state index is 13.7. The Morgan fingerprint density at radius 3 is 2.79 bits per heavy atom. The Labute approximate surface area is 121 Å².